The molecule has 0 unspecified atom stereocenters. The van der Waals surface area contributed by atoms with Gasteiger partial charge in [0.15, 0.2) is 0 Å². The summed E-state index contributed by atoms with van der Waals surface area (Å²) in [6.45, 7) is 0. The average Bonchev–Trinajstić information content (AvgIpc) is 3.62. The Kier molecular flexibility index (Phi) is 5.60. The standard InChI is InChI=1S/C43H28N2S/c1-10-23-42-29(12-1)24-30-26-41-36(27-43(30)46-42)35-18-5-7-20-38(35)44(41)31-14-11-13-28(25-31)32-15-2-6-19-37(32)45-39-21-8-3-16-33(39)34-17-4-9-22-40(34)45/h1-23,25-27H,24H2. The molecule has 216 valence electrons. The summed E-state index contributed by atoms with van der Waals surface area (Å²) in [4.78, 5) is 2.73. The average molecular weight is 605 g/mol. The van der Waals surface area contributed by atoms with Crippen LogP contribution in [0.15, 0.2) is 168 Å². The zero-order valence-electron chi connectivity index (χ0n) is 25.0. The Morgan fingerprint density at radius 2 is 1.04 bits per heavy atom. The first kappa shape index (κ1) is 25.8. The van der Waals surface area contributed by atoms with Gasteiger partial charge in [-0.05, 0) is 77.7 Å². The minimum Gasteiger partial charge on any atom is -0.309 e. The lowest BCUT2D eigenvalue weighted by Gasteiger charge is -2.19. The fourth-order valence-electron chi connectivity index (χ4n) is 7.53. The summed E-state index contributed by atoms with van der Waals surface area (Å²) in [6, 6.07) is 57.9. The molecule has 0 N–H and O–H groups in total. The van der Waals surface area contributed by atoms with Crippen molar-refractivity contribution in [3.05, 3.63) is 169 Å². The van der Waals surface area contributed by atoms with E-state index in [9.17, 15) is 0 Å². The minimum atomic E-state index is 0.960. The fourth-order valence-corrected chi connectivity index (χ4v) is 8.62. The number of hydrogen-bond acceptors (Lipinski definition) is 1. The summed E-state index contributed by atoms with van der Waals surface area (Å²) in [7, 11) is 0. The van der Waals surface area contributed by atoms with Crippen LogP contribution in [-0.4, -0.2) is 9.13 Å². The molecule has 3 heteroatoms. The maximum Gasteiger partial charge on any atom is 0.0544 e. The van der Waals surface area contributed by atoms with E-state index in [0.29, 0.717) is 0 Å². The lowest BCUT2D eigenvalue weighted by Crippen LogP contribution is -2.01. The Bertz CT molecular complexity index is 2600. The number of para-hydroxylation sites is 4. The van der Waals surface area contributed by atoms with Crippen molar-refractivity contribution in [2.24, 2.45) is 0 Å². The van der Waals surface area contributed by atoms with Crippen molar-refractivity contribution in [2.75, 3.05) is 0 Å². The van der Waals surface area contributed by atoms with Crippen LogP contribution in [0.1, 0.15) is 11.1 Å². The van der Waals surface area contributed by atoms with Crippen LogP contribution < -0.4 is 0 Å². The third-order valence-corrected chi connectivity index (χ3v) is 10.8. The van der Waals surface area contributed by atoms with E-state index in [4.69, 9.17) is 0 Å². The highest BCUT2D eigenvalue weighted by Gasteiger charge is 2.21. The van der Waals surface area contributed by atoms with Crippen LogP contribution in [0, 0.1) is 0 Å². The third kappa shape index (κ3) is 3.79. The second kappa shape index (κ2) is 10.00. The predicted octanol–water partition coefficient (Wildman–Crippen LogP) is 11.6. The van der Waals surface area contributed by atoms with Gasteiger partial charge in [-0.2, -0.15) is 0 Å². The van der Waals surface area contributed by atoms with Gasteiger partial charge in [0.25, 0.3) is 0 Å². The molecule has 0 saturated carbocycles. The predicted molar refractivity (Wildman–Crippen MR) is 194 cm³/mol. The Hall–Kier alpha value is -5.51. The molecule has 0 spiro atoms. The molecule has 3 heterocycles. The van der Waals surface area contributed by atoms with Crippen LogP contribution in [-0.2, 0) is 6.42 Å². The van der Waals surface area contributed by atoms with Crippen molar-refractivity contribution >= 4 is 55.4 Å². The van der Waals surface area contributed by atoms with Crippen LogP contribution in [0.3, 0.4) is 0 Å². The van der Waals surface area contributed by atoms with Gasteiger partial charge in [-0.3, -0.25) is 0 Å². The van der Waals surface area contributed by atoms with E-state index in [1.807, 2.05) is 11.8 Å². The number of rotatable bonds is 3. The molecule has 0 atom stereocenters. The van der Waals surface area contributed by atoms with Gasteiger partial charge in [-0.15, -0.1) is 0 Å². The summed E-state index contributed by atoms with van der Waals surface area (Å²) in [5.41, 5.74) is 12.5. The molecular weight excluding hydrogens is 577 g/mol. The molecular formula is C43H28N2S. The fraction of sp³-hybridized carbons (Fsp3) is 0.0233. The first-order valence-electron chi connectivity index (χ1n) is 15.8. The van der Waals surface area contributed by atoms with Gasteiger partial charge in [-0.25, -0.2) is 0 Å². The molecule has 10 rings (SSSR count). The SMILES string of the molecule is c1cc(-c2ccccc2-n2c3ccccc3c3ccccc32)cc(-n2c3ccccc3c3cc4c(cc32)Cc2ccccc2S4)c1. The van der Waals surface area contributed by atoms with Gasteiger partial charge in [0, 0.05) is 42.6 Å². The zero-order chi connectivity index (χ0) is 30.2. The second-order valence-electron chi connectivity index (χ2n) is 12.2. The first-order chi connectivity index (χ1) is 22.8. The third-order valence-electron chi connectivity index (χ3n) is 9.57. The number of fused-ring (bicyclic) bond motifs is 8. The number of hydrogen-bond donors (Lipinski definition) is 0. The van der Waals surface area contributed by atoms with Gasteiger partial charge >= 0.3 is 0 Å². The van der Waals surface area contributed by atoms with Gasteiger partial charge in [0.2, 0.25) is 0 Å². The monoisotopic (exact) mass is 604 g/mol. The molecule has 1 aliphatic rings. The lowest BCUT2D eigenvalue weighted by atomic mass is 10.0. The quantitative estimate of drug-likeness (QED) is 0.195. The van der Waals surface area contributed by atoms with Crippen LogP contribution in [0.25, 0.3) is 66.1 Å². The van der Waals surface area contributed by atoms with Crippen molar-refractivity contribution in [1.29, 1.82) is 0 Å². The molecule has 0 fully saturated rings. The van der Waals surface area contributed by atoms with E-state index in [1.165, 1.54) is 87.0 Å². The van der Waals surface area contributed by atoms with Gasteiger partial charge in [0.1, 0.15) is 0 Å². The second-order valence-corrected chi connectivity index (χ2v) is 13.2. The number of benzene rings is 7. The minimum absolute atomic E-state index is 0.960. The molecule has 2 nitrogen and oxygen atoms in total. The molecule has 0 saturated heterocycles. The first-order valence-corrected chi connectivity index (χ1v) is 16.6. The largest absolute Gasteiger partial charge is 0.309 e. The van der Waals surface area contributed by atoms with Crippen molar-refractivity contribution < 1.29 is 0 Å². The summed E-state index contributed by atoms with van der Waals surface area (Å²) in [5, 5.41) is 5.14. The topological polar surface area (TPSA) is 9.86 Å². The Balaban J connectivity index is 1.18. The van der Waals surface area contributed by atoms with Gasteiger partial charge in [0.05, 0.1) is 27.8 Å². The maximum atomic E-state index is 2.46. The number of nitrogens with zero attached hydrogens (tertiary/aromatic N) is 2. The van der Waals surface area contributed by atoms with E-state index in [0.717, 1.165) is 6.42 Å². The molecule has 2 aromatic heterocycles. The Labute approximate surface area is 271 Å². The van der Waals surface area contributed by atoms with Crippen LogP contribution in [0.5, 0.6) is 0 Å². The summed E-state index contributed by atoms with van der Waals surface area (Å²) in [6.07, 6.45) is 0.960. The summed E-state index contributed by atoms with van der Waals surface area (Å²) >= 11 is 1.90. The molecule has 46 heavy (non-hydrogen) atoms. The molecule has 7 aromatic carbocycles. The van der Waals surface area contributed by atoms with E-state index >= 15 is 0 Å². The molecule has 9 aromatic rings. The van der Waals surface area contributed by atoms with Crippen molar-refractivity contribution in [1.82, 2.24) is 9.13 Å². The molecule has 0 radical (unpaired) electrons. The maximum absolute atomic E-state index is 2.46. The normalized spacial score (nSPS) is 12.6. The smallest absolute Gasteiger partial charge is 0.0544 e. The van der Waals surface area contributed by atoms with Gasteiger partial charge in [-0.1, -0.05) is 115 Å². The van der Waals surface area contributed by atoms with Crippen molar-refractivity contribution in [2.45, 2.75) is 16.2 Å². The van der Waals surface area contributed by atoms with Crippen LogP contribution in [0.2, 0.25) is 0 Å². The van der Waals surface area contributed by atoms with E-state index < -0.39 is 0 Å². The Morgan fingerprint density at radius 3 is 1.83 bits per heavy atom. The summed E-state index contributed by atoms with van der Waals surface area (Å²) < 4.78 is 4.89. The zero-order valence-corrected chi connectivity index (χ0v) is 25.8. The van der Waals surface area contributed by atoms with E-state index in [1.54, 1.807) is 0 Å². The lowest BCUT2D eigenvalue weighted by molar-refractivity contribution is 1.06. The van der Waals surface area contributed by atoms with Gasteiger partial charge < -0.3 is 9.13 Å². The van der Waals surface area contributed by atoms with Crippen LogP contribution in [0.4, 0.5) is 0 Å². The molecule has 0 aliphatic carbocycles. The summed E-state index contributed by atoms with van der Waals surface area (Å²) in [5.74, 6) is 0. The number of aromatic nitrogens is 2. The highest BCUT2D eigenvalue weighted by atomic mass is 32.2. The van der Waals surface area contributed by atoms with Crippen LogP contribution >= 0.6 is 11.8 Å². The Morgan fingerprint density at radius 1 is 0.413 bits per heavy atom. The van der Waals surface area contributed by atoms with Crippen molar-refractivity contribution in [3.63, 3.8) is 0 Å². The highest BCUT2D eigenvalue weighted by Crippen LogP contribution is 2.44. The molecule has 1 aliphatic heterocycles. The van der Waals surface area contributed by atoms with E-state index in [2.05, 4.69) is 167 Å². The molecule has 0 bridgehead atoms. The highest BCUT2D eigenvalue weighted by molar-refractivity contribution is 7.99. The van der Waals surface area contributed by atoms with E-state index in [-0.39, 0.29) is 0 Å². The van der Waals surface area contributed by atoms with Crippen molar-refractivity contribution in [3.8, 4) is 22.5 Å². The molecule has 0 amide bonds.